The van der Waals surface area contributed by atoms with Crippen LogP contribution in [0.25, 0.3) is 0 Å². The second-order valence-electron chi connectivity index (χ2n) is 7.92. The summed E-state index contributed by atoms with van der Waals surface area (Å²) in [5.41, 5.74) is 2.88. The Kier molecular flexibility index (Phi) is 7.97. The van der Waals surface area contributed by atoms with E-state index in [1.165, 1.54) is 4.31 Å². The molecule has 1 atom stereocenters. The fraction of sp³-hybridized carbons (Fsp3) is 0.435. The van der Waals surface area contributed by atoms with Gasteiger partial charge in [-0.3, -0.25) is 4.79 Å². The third kappa shape index (κ3) is 6.45. The predicted molar refractivity (Wildman–Crippen MR) is 123 cm³/mol. The van der Waals surface area contributed by atoms with E-state index in [1.54, 1.807) is 24.3 Å². The second-order valence-corrected chi connectivity index (χ2v) is 10.3. The molecule has 0 bridgehead atoms. The van der Waals surface area contributed by atoms with E-state index in [9.17, 15) is 13.2 Å². The van der Waals surface area contributed by atoms with Crippen LogP contribution in [-0.2, 0) is 20.6 Å². The van der Waals surface area contributed by atoms with Gasteiger partial charge in [0.05, 0.1) is 18.2 Å². The van der Waals surface area contributed by atoms with Crippen molar-refractivity contribution in [2.75, 3.05) is 26.2 Å². The van der Waals surface area contributed by atoms with Crippen molar-refractivity contribution in [1.29, 1.82) is 0 Å². The van der Waals surface area contributed by atoms with Crippen molar-refractivity contribution in [3.63, 3.8) is 0 Å². The number of ether oxygens (including phenoxy) is 1. The maximum Gasteiger partial charge on any atom is 0.224 e. The topological polar surface area (TPSA) is 75.7 Å². The van der Waals surface area contributed by atoms with Gasteiger partial charge in [0.15, 0.2) is 0 Å². The van der Waals surface area contributed by atoms with Crippen molar-refractivity contribution >= 4 is 27.5 Å². The molecule has 6 nitrogen and oxygen atoms in total. The van der Waals surface area contributed by atoms with Gasteiger partial charge in [-0.05, 0) is 61.6 Å². The van der Waals surface area contributed by atoms with E-state index >= 15 is 0 Å². The van der Waals surface area contributed by atoms with Crippen LogP contribution in [0.2, 0.25) is 5.02 Å². The lowest BCUT2D eigenvalue weighted by Crippen LogP contribution is -2.46. The minimum Gasteiger partial charge on any atom is -0.491 e. The van der Waals surface area contributed by atoms with Crippen LogP contribution in [0.3, 0.4) is 0 Å². The van der Waals surface area contributed by atoms with Crippen LogP contribution >= 0.6 is 11.6 Å². The molecule has 1 aliphatic heterocycles. The summed E-state index contributed by atoms with van der Waals surface area (Å²) in [4.78, 5) is 12.6. The molecular formula is C23H29ClN2O4S. The van der Waals surface area contributed by atoms with Crippen LogP contribution in [0, 0.1) is 19.8 Å². The van der Waals surface area contributed by atoms with Crippen molar-refractivity contribution in [2.45, 2.75) is 32.4 Å². The van der Waals surface area contributed by atoms with E-state index in [1.807, 2.05) is 32.0 Å². The fourth-order valence-electron chi connectivity index (χ4n) is 3.70. The van der Waals surface area contributed by atoms with Gasteiger partial charge in [0.1, 0.15) is 12.4 Å². The molecular weight excluding hydrogens is 436 g/mol. The zero-order chi connectivity index (χ0) is 22.4. The lowest BCUT2D eigenvalue weighted by atomic mass is 9.99. The van der Waals surface area contributed by atoms with Crippen molar-refractivity contribution in [1.82, 2.24) is 9.62 Å². The van der Waals surface area contributed by atoms with Gasteiger partial charge >= 0.3 is 0 Å². The van der Waals surface area contributed by atoms with Gasteiger partial charge in [0, 0.05) is 18.1 Å². The number of nitrogens with one attached hydrogen (secondary N) is 1. The predicted octanol–water partition coefficient (Wildman–Crippen LogP) is 3.69. The zero-order valence-corrected chi connectivity index (χ0v) is 19.5. The normalized spacial score (nSPS) is 17.3. The summed E-state index contributed by atoms with van der Waals surface area (Å²) < 4.78 is 32.9. The number of hydrogen-bond donors (Lipinski definition) is 1. The van der Waals surface area contributed by atoms with Gasteiger partial charge in [-0.25, -0.2) is 12.7 Å². The van der Waals surface area contributed by atoms with Crippen molar-refractivity contribution < 1.29 is 17.9 Å². The number of amides is 1. The Morgan fingerprint density at radius 3 is 2.77 bits per heavy atom. The number of halogens is 1. The number of hydrogen-bond acceptors (Lipinski definition) is 4. The van der Waals surface area contributed by atoms with Gasteiger partial charge in [0.2, 0.25) is 15.9 Å². The molecule has 8 heteroatoms. The number of carbonyl (C=O) groups is 1. The quantitative estimate of drug-likeness (QED) is 0.604. The molecule has 1 heterocycles. The first-order valence-electron chi connectivity index (χ1n) is 10.5. The van der Waals surface area contributed by atoms with Gasteiger partial charge in [-0.2, -0.15) is 0 Å². The molecule has 1 saturated heterocycles. The first kappa shape index (κ1) is 23.6. The molecule has 2 aromatic rings. The molecule has 1 unspecified atom stereocenters. The SMILES string of the molecule is Cc1cccc(OCCNC(=O)C2CCCN(S(=O)(=O)Cc3cccc(Cl)c3)C2)c1C. The lowest BCUT2D eigenvalue weighted by Gasteiger charge is -2.31. The van der Waals surface area contributed by atoms with Crippen LogP contribution in [0.1, 0.15) is 29.5 Å². The first-order chi connectivity index (χ1) is 14.8. The second kappa shape index (κ2) is 10.5. The molecule has 31 heavy (non-hydrogen) atoms. The summed E-state index contributed by atoms with van der Waals surface area (Å²) >= 11 is 5.97. The molecule has 1 N–H and O–H groups in total. The average molecular weight is 465 g/mol. The van der Waals surface area contributed by atoms with E-state index < -0.39 is 10.0 Å². The van der Waals surface area contributed by atoms with Crippen molar-refractivity contribution in [2.24, 2.45) is 5.92 Å². The Bertz CT molecular complexity index is 1030. The highest BCUT2D eigenvalue weighted by molar-refractivity contribution is 7.88. The smallest absolute Gasteiger partial charge is 0.224 e. The molecule has 0 saturated carbocycles. The molecule has 1 fully saturated rings. The lowest BCUT2D eigenvalue weighted by molar-refractivity contribution is -0.126. The van der Waals surface area contributed by atoms with E-state index in [0.717, 1.165) is 16.9 Å². The molecule has 1 aliphatic rings. The summed E-state index contributed by atoms with van der Waals surface area (Å²) in [6.45, 7) is 5.40. The highest BCUT2D eigenvalue weighted by Crippen LogP contribution is 2.23. The van der Waals surface area contributed by atoms with Crippen LogP contribution in [0.15, 0.2) is 42.5 Å². The number of aryl methyl sites for hydroxylation is 1. The summed E-state index contributed by atoms with van der Waals surface area (Å²) in [6, 6.07) is 12.7. The Morgan fingerprint density at radius 2 is 2.00 bits per heavy atom. The number of sulfonamides is 1. The Morgan fingerprint density at radius 1 is 1.23 bits per heavy atom. The highest BCUT2D eigenvalue weighted by atomic mass is 35.5. The number of piperidine rings is 1. The van der Waals surface area contributed by atoms with Crippen LogP contribution in [0.4, 0.5) is 0 Å². The maximum atomic E-state index is 12.8. The van der Waals surface area contributed by atoms with Gasteiger partial charge in [-0.15, -0.1) is 0 Å². The molecule has 0 spiro atoms. The summed E-state index contributed by atoms with van der Waals surface area (Å²) in [5, 5.41) is 3.39. The van der Waals surface area contributed by atoms with E-state index in [0.29, 0.717) is 43.1 Å². The molecule has 0 radical (unpaired) electrons. The van der Waals surface area contributed by atoms with Crippen LogP contribution < -0.4 is 10.1 Å². The Hall–Kier alpha value is -2.09. The minimum absolute atomic E-state index is 0.119. The third-order valence-corrected chi connectivity index (χ3v) is 7.65. The number of nitrogens with zero attached hydrogens (tertiary/aromatic N) is 1. The number of rotatable bonds is 8. The Balaban J connectivity index is 1.50. The Labute approximate surface area is 189 Å². The van der Waals surface area contributed by atoms with Crippen LogP contribution in [0.5, 0.6) is 5.75 Å². The fourth-order valence-corrected chi connectivity index (χ4v) is 5.51. The van der Waals surface area contributed by atoms with Gasteiger partial charge in [-0.1, -0.05) is 35.9 Å². The monoisotopic (exact) mass is 464 g/mol. The van der Waals surface area contributed by atoms with E-state index in [2.05, 4.69) is 5.32 Å². The largest absolute Gasteiger partial charge is 0.491 e. The van der Waals surface area contributed by atoms with E-state index in [-0.39, 0.29) is 24.1 Å². The standard InChI is InChI=1S/C23H29ClN2O4S/c1-17-6-3-10-22(18(17)2)30-13-11-25-23(27)20-8-5-12-26(15-20)31(28,29)16-19-7-4-9-21(24)14-19/h3-4,6-7,9-10,14,20H,5,8,11-13,15-16H2,1-2H3,(H,25,27). The first-order valence-corrected chi connectivity index (χ1v) is 12.4. The maximum absolute atomic E-state index is 12.8. The molecule has 168 valence electrons. The minimum atomic E-state index is -3.52. The molecule has 0 aliphatic carbocycles. The molecule has 2 aromatic carbocycles. The molecule has 0 aromatic heterocycles. The molecule has 1 amide bonds. The highest BCUT2D eigenvalue weighted by Gasteiger charge is 2.32. The number of benzene rings is 2. The average Bonchev–Trinajstić information content (AvgIpc) is 2.73. The molecule has 3 rings (SSSR count). The van der Waals surface area contributed by atoms with E-state index in [4.69, 9.17) is 16.3 Å². The van der Waals surface area contributed by atoms with Crippen molar-refractivity contribution in [3.8, 4) is 5.75 Å². The summed E-state index contributed by atoms with van der Waals surface area (Å²) in [6.07, 6.45) is 1.33. The van der Waals surface area contributed by atoms with Gasteiger partial charge < -0.3 is 10.1 Å². The third-order valence-electron chi connectivity index (χ3n) is 5.60. The summed E-state index contributed by atoms with van der Waals surface area (Å²) in [5.74, 6) is 0.201. The summed E-state index contributed by atoms with van der Waals surface area (Å²) in [7, 11) is -3.52. The number of carbonyl (C=O) groups excluding carboxylic acids is 1. The van der Waals surface area contributed by atoms with Crippen LogP contribution in [-0.4, -0.2) is 44.9 Å². The van der Waals surface area contributed by atoms with Crippen molar-refractivity contribution in [3.05, 3.63) is 64.2 Å². The zero-order valence-electron chi connectivity index (χ0n) is 17.9. The van der Waals surface area contributed by atoms with Gasteiger partial charge in [0.25, 0.3) is 0 Å².